The summed E-state index contributed by atoms with van der Waals surface area (Å²) in [6.07, 6.45) is 4.01. The summed E-state index contributed by atoms with van der Waals surface area (Å²) in [6.45, 7) is 0.733. The highest BCUT2D eigenvalue weighted by Gasteiger charge is 2.24. The van der Waals surface area contributed by atoms with Gasteiger partial charge in [-0.3, -0.25) is 9.36 Å². The minimum absolute atomic E-state index is 0.00999. The van der Waals surface area contributed by atoms with Crippen LogP contribution in [0, 0.1) is 0 Å². The molecular weight excluding hydrogens is 466 g/mol. The first-order chi connectivity index (χ1) is 16.5. The van der Waals surface area contributed by atoms with E-state index in [2.05, 4.69) is 14.7 Å². The maximum Gasteiger partial charge on any atom is 0.360 e. The molecule has 1 aromatic carbocycles. The van der Waals surface area contributed by atoms with E-state index < -0.39 is 17.2 Å². The molecule has 12 heteroatoms. The number of hydrogen-bond donors (Lipinski definition) is 0. The Labute approximate surface area is 197 Å². The lowest BCUT2D eigenvalue weighted by Gasteiger charge is -2.15. The Bertz CT molecular complexity index is 1480. The normalized spacial score (nSPS) is 15.8. The number of esters is 1. The van der Waals surface area contributed by atoms with Crippen molar-refractivity contribution in [1.82, 2.24) is 23.7 Å². The predicted octanol–water partition coefficient (Wildman–Crippen LogP) is 2.00. The Morgan fingerprint density at radius 2 is 2.06 bits per heavy atom. The van der Waals surface area contributed by atoms with Crippen LogP contribution in [0.5, 0.6) is 0 Å². The van der Waals surface area contributed by atoms with Crippen molar-refractivity contribution in [1.29, 1.82) is 0 Å². The second-order valence-corrected chi connectivity index (χ2v) is 8.24. The molecular formula is C22H20ClN5O6. The first kappa shape index (κ1) is 22.1. The van der Waals surface area contributed by atoms with Crippen molar-refractivity contribution in [3.8, 4) is 5.69 Å². The minimum atomic E-state index is -0.638. The quantitative estimate of drug-likeness (QED) is 0.380. The molecule has 1 atom stereocenters. The summed E-state index contributed by atoms with van der Waals surface area (Å²) in [6, 6.07) is 6.67. The third kappa shape index (κ3) is 3.93. The van der Waals surface area contributed by atoms with Gasteiger partial charge in [-0.15, -0.1) is 0 Å². The first-order valence-electron chi connectivity index (χ1n) is 10.6. The fourth-order valence-corrected chi connectivity index (χ4v) is 4.13. The van der Waals surface area contributed by atoms with E-state index in [4.69, 9.17) is 20.8 Å². The van der Waals surface area contributed by atoms with Gasteiger partial charge in [0.15, 0.2) is 16.9 Å². The van der Waals surface area contributed by atoms with Crippen molar-refractivity contribution in [2.24, 2.45) is 0 Å². The molecule has 4 heterocycles. The summed E-state index contributed by atoms with van der Waals surface area (Å²) in [5.74, 6) is -0.463. The van der Waals surface area contributed by atoms with Crippen LogP contribution in [0.4, 0.5) is 0 Å². The molecule has 1 unspecified atom stereocenters. The van der Waals surface area contributed by atoms with Crippen LogP contribution in [-0.2, 0) is 22.6 Å². The summed E-state index contributed by atoms with van der Waals surface area (Å²) in [5.41, 5.74) is -0.140. The fourth-order valence-electron chi connectivity index (χ4n) is 4.00. The standard InChI is InChI=1S/C22H20ClN5O6/c1-32-21(30)16-11-34-17(25-16)10-26-12-24-19-18(26)20(29)27(9-15-3-2-8-33-15)22(31)28(19)14-6-4-13(23)5-7-14/h4-7,11-12,15H,2-3,8-10H2,1H3. The zero-order valence-electron chi connectivity index (χ0n) is 18.1. The summed E-state index contributed by atoms with van der Waals surface area (Å²) in [4.78, 5) is 47.1. The number of nitrogens with zero attached hydrogens (tertiary/aromatic N) is 5. The molecule has 5 rings (SSSR count). The lowest BCUT2D eigenvalue weighted by molar-refractivity contribution is 0.0594. The van der Waals surface area contributed by atoms with Crippen molar-refractivity contribution < 1.29 is 18.7 Å². The van der Waals surface area contributed by atoms with Crippen LogP contribution in [0.1, 0.15) is 29.2 Å². The Morgan fingerprint density at radius 3 is 2.76 bits per heavy atom. The highest BCUT2D eigenvalue weighted by Crippen LogP contribution is 2.18. The van der Waals surface area contributed by atoms with E-state index in [0.29, 0.717) is 17.3 Å². The number of ether oxygens (including phenoxy) is 2. The molecule has 4 aromatic rings. The van der Waals surface area contributed by atoms with Gasteiger partial charge < -0.3 is 18.5 Å². The molecule has 0 radical (unpaired) electrons. The van der Waals surface area contributed by atoms with Gasteiger partial charge in [-0.1, -0.05) is 11.6 Å². The minimum Gasteiger partial charge on any atom is -0.464 e. The van der Waals surface area contributed by atoms with Crippen LogP contribution < -0.4 is 11.2 Å². The molecule has 0 spiro atoms. The maximum absolute atomic E-state index is 13.5. The van der Waals surface area contributed by atoms with Crippen LogP contribution >= 0.6 is 11.6 Å². The summed E-state index contributed by atoms with van der Waals surface area (Å²) in [7, 11) is 1.24. The van der Waals surface area contributed by atoms with Gasteiger partial charge in [0.25, 0.3) is 5.56 Å². The average molecular weight is 486 g/mol. The molecule has 1 fully saturated rings. The van der Waals surface area contributed by atoms with Crippen LogP contribution in [-0.4, -0.2) is 49.5 Å². The molecule has 1 aliphatic rings. The number of aromatic nitrogens is 5. The number of halogens is 1. The monoisotopic (exact) mass is 485 g/mol. The molecule has 1 saturated heterocycles. The van der Waals surface area contributed by atoms with Crippen molar-refractivity contribution >= 4 is 28.7 Å². The Morgan fingerprint density at radius 1 is 1.26 bits per heavy atom. The van der Waals surface area contributed by atoms with Crippen LogP contribution in [0.25, 0.3) is 16.9 Å². The van der Waals surface area contributed by atoms with Crippen LogP contribution in [0.2, 0.25) is 5.02 Å². The van der Waals surface area contributed by atoms with Gasteiger partial charge >= 0.3 is 11.7 Å². The number of carbonyl (C=O) groups is 1. The number of methoxy groups -OCH3 is 1. The Hall–Kier alpha value is -3.70. The number of hydrogen-bond acceptors (Lipinski definition) is 8. The SMILES string of the molecule is COC(=O)c1coc(Cn2cnc3c2c(=O)n(CC2CCCO2)c(=O)n3-c2ccc(Cl)cc2)n1. The van der Waals surface area contributed by atoms with Gasteiger partial charge in [-0.2, -0.15) is 0 Å². The zero-order valence-corrected chi connectivity index (χ0v) is 18.9. The van der Waals surface area contributed by atoms with Gasteiger partial charge in [0.05, 0.1) is 31.8 Å². The number of rotatable bonds is 6. The molecule has 11 nitrogen and oxygen atoms in total. The summed E-state index contributed by atoms with van der Waals surface area (Å²) >= 11 is 6.03. The largest absolute Gasteiger partial charge is 0.464 e. The lowest BCUT2D eigenvalue weighted by Crippen LogP contribution is -2.42. The van der Waals surface area contributed by atoms with Crippen molar-refractivity contribution in [3.63, 3.8) is 0 Å². The van der Waals surface area contributed by atoms with E-state index >= 15 is 0 Å². The molecule has 0 amide bonds. The Kier molecular flexibility index (Phi) is 5.80. The van der Waals surface area contributed by atoms with Crippen molar-refractivity contribution in [3.05, 3.63) is 74.3 Å². The van der Waals surface area contributed by atoms with Crippen LogP contribution in [0.15, 0.2) is 50.9 Å². The molecule has 0 N–H and O–H groups in total. The van der Waals surface area contributed by atoms with E-state index in [1.165, 1.54) is 33.4 Å². The molecule has 3 aromatic heterocycles. The number of imidazole rings is 1. The second kappa shape index (κ2) is 8.92. The average Bonchev–Trinajstić information content (AvgIpc) is 3.59. The molecule has 0 aliphatic carbocycles. The van der Waals surface area contributed by atoms with Crippen LogP contribution in [0.3, 0.4) is 0 Å². The summed E-state index contributed by atoms with van der Waals surface area (Å²) in [5, 5.41) is 0.511. The third-order valence-electron chi connectivity index (χ3n) is 5.65. The molecule has 34 heavy (non-hydrogen) atoms. The zero-order chi connectivity index (χ0) is 23.8. The van der Waals surface area contributed by atoms with Gasteiger partial charge in [-0.05, 0) is 37.1 Å². The van der Waals surface area contributed by atoms with Gasteiger partial charge in [0.1, 0.15) is 12.8 Å². The second-order valence-electron chi connectivity index (χ2n) is 7.81. The number of benzene rings is 1. The smallest absolute Gasteiger partial charge is 0.360 e. The van der Waals surface area contributed by atoms with E-state index in [-0.39, 0.29) is 41.9 Å². The predicted molar refractivity (Wildman–Crippen MR) is 121 cm³/mol. The molecule has 0 saturated carbocycles. The van der Waals surface area contributed by atoms with E-state index in [0.717, 1.165) is 12.8 Å². The van der Waals surface area contributed by atoms with Gasteiger partial charge in [0.2, 0.25) is 5.89 Å². The van der Waals surface area contributed by atoms with E-state index in [1.54, 1.807) is 24.3 Å². The van der Waals surface area contributed by atoms with Crippen molar-refractivity contribution in [2.45, 2.75) is 32.0 Å². The highest BCUT2D eigenvalue weighted by molar-refractivity contribution is 6.30. The summed E-state index contributed by atoms with van der Waals surface area (Å²) < 4.78 is 19.7. The first-order valence-corrected chi connectivity index (χ1v) is 10.9. The number of carbonyl (C=O) groups excluding carboxylic acids is 1. The number of fused-ring (bicyclic) bond motifs is 1. The molecule has 176 valence electrons. The molecule has 1 aliphatic heterocycles. The lowest BCUT2D eigenvalue weighted by atomic mass is 10.2. The van der Waals surface area contributed by atoms with Gasteiger partial charge in [0, 0.05) is 11.6 Å². The third-order valence-corrected chi connectivity index (χ3v) is 5.90. The van der Waals surface area contributed by atoms with Crippen molar-refractivity contribution in [2.75, 3.05) is 13.7 Å². The number of oxazole rings is 1. The van der Waals surface area contributed by atoms with E-state index in [9.17, 15) is 14.4 Å². The topological polar surface area (TPSA) is 123 Å². The Balaban J connectivity index is 1.66. The van der Waals surface area contributed by atoms with Gasteiger partial charge in [-0.25, -0.2) is 24.1 Å². The fraction of sp³-hybridized carbons (Fsp3) is 0.318. The highest BCUT2D eigenvalue weighted by atomic mass is 35.5. The van der Waals surface area contributed by atoms with E-state index in [1.807, 2.05) is 0 Å². The molecule has 0 bridgehead atoms. The maximum atomic E-state index is 13.5.